The first-order chi connectivity index (χ1) is 12.4. The van der Waals surface area contributed by atoms with Crippen LogP contribution in [0.1, 0.15) is 30.9 Å². The van der Waals surface area contributed by atoms with Crippen LogP contribution < -0.4 is 0 Å². The van der Waals surface area contributed by atoms with Crippen LogP contribution in [0.3, 0.4) is 0 Å². The number of piperidine rings is 1. The van der Waals surface area contributed by atoms with Gasteiger partial charge in [-0.2, -0.15) is 18.3 Å². The number of H-pyrrole nitrogens is 1. The minimum absolute atomic E-state index is 0.113. The molecule has 1 saturated heterocycles. The second kappa shape index (κ2) is 6.22. The lowest BCUT2D eigenvalue weighted by atomic mass is 9.91. The number of nitrogens with one attached hydrogen (secondary N) is 1. The summed E-state index contributed by atoms with van der Waals surface area (Å²) in [6.45, 7) is 0.586. The predicted molar refractivity (Wildman–Crippen MR) is 88.4 cm³/mol. The SMILES string of the molecule is O=C(CC(F)(F)F)N1CCCC(c2[nH]ncc3cnc4nccc4c23)C1. The van der Waals surface area contributed by atoms with E-state index in [1.54, 1.807) is 18.6 Å². The molecule has 0 aromatic carbocycles. The monoisotopic (exact) mass is 363 g/mol. The topological polar surface area (TPSA) is 74.8 Å². The quantitative estimate of drug-likeness (QED) is 0.759. The Bertz CT molecular complexity index is 968. The van der Waals surface area contributed by atoms with E-state index in [2.05, 4.69) is 20.2 Å². The summed E-state index contributed by atoms with van der Waals surface area (Å²) < 4.78 is 37.7. The Morgan fingerprint density at radius 1 is 1.31 bits per heavy atom. The van der Waals surface area contributed by atoms with Crippen LogP contribution >= 0.6 is 0 Å². The second-order valence-corrected chi connectivity index (χ2v) is 6.53. The number of likely N-dealkylation sites (tertiary alicyclic amines) is 1. The number of carbonyl (C=O) groups excluding carboxylic acids is 1. The Labute approximate surface area is 146 Å². The van der Waals surface area contributed by atoms with Crippen molar-refractivity contribution in [3.8, 4) is 0 Å². The molecular formula is C17H16F3N5O. The average Bonchev–Trinajstić information content (AvgIpc) is 3.09. The molecule has 9 heteroatoms. The highest BCUT2D eigenvalue weighted by Gasteiger charge is 2.35. The van der Waals surface area contributed by atoms with E-state index in [-0.39, 0.29) is 12.5 Å². The van der Waals surface area contributed by atoms with Gasteiger partial charge in [0.2, 0.25) is 5.91 Å². The summed E-state index contributed by atoms with van der Waals surface area (Å²) in [4.78, 5) is 21.8. The third kappa shape index (κ3) is 3.09. The van der Waals surface area contributed by atoms with E-state index < -0.39 is 18.5 Å². The van der Waals surface area contributed by atoms with Crippen molar-refractivity contribution in [3.05, 3.63) is 30.4 Å². The molecule has 4 heterocycles. The van der Waals surface area contributed by atoms with Crippen LogP contribution in [0.4, 0.5) is 13.2 Å². The van der Waals surface area contributed by atoms with Crippen LogP contribution in [0.2, 0.25) is 0 Å². The van der Waals surface area contributed by atoms with Crippen LogP contribution in [0.25, 0.3) is 21.8 Å². The summed E-state index contributed by atoms with van der Waals surface area (Å²) >= 11 is 0. The van der Waals surface area contributed by atoms with E-state index in [1.807, 2.05) is 6.07 Å². The normalized spacial score (nSPS) is 18.6. The van der Waals surface area contributed by atoms with Crippen molar-refractivity contribution < 1.29 is 18.0 Å². The number of halogens is 3. The molecule has 1 N–H and O–H groups in total. The Morgan fingerprint density at radius 2 is 2.15 bits per heavy atom. The van der Waals surface area contributed by atoms with Gasteiger partial charge in [-0.05, 0) is 18.9 Å². The van der Waals surface area contributed by atoms with Gasteiger partial charge in [0.25, 0.3) is 0 Å². The first-order valence-electron chi connectivity index (χ1n) is 8.33. The van der Waals surface area contributed by atoms with Crippen LogP contribution in [0.5, 0.6) is 0 Å². The molecule has 26 heavy (non-hydrogen) atoms. The summed E-state index contributed by atoms with van der Waals surface area (Å²) in [5.74, 6) is -0.991. The fourth-order valence-corrected chi connectivity index (χ4v) is 3.62. The van der Waals surface area contributed by atoms with Crippen molar-refractivity contribution in [1.82, 2.24) is 25.1 Å². The van der Waals surface area contributed by atoms with Gasteiger partial charge in [0.05, 0.1) is 6.20 Å². The molecule has 1 aliphatic heterocycles. The Balaban J connectivity index is 1.69. The van der Waals surface area contributed by atoms with E-state index in [0.29, 0.717) is 18.6 Å². The van der Waals surface area contributed by atoms with Crippen molar-refractivity contribution in [2.24, 2.45) is 0 Å². The molecule has 0 aliphatic carbocycles. The van der Waals surface area contributed by atoms with Gasteiger partial charge in [0.1, 0.15) is 6.42 Å². The molecule has 3 aromatic rings. The first-order valence-corrected chi connectivity index (χ1v) is 8.33. The van der Waals surface area contributed by atoms with E-state index >= 15 is 0 Å². The fraction of sp³-hybridized carbons (Fsp3) is 0.412. The number of hydrogen-bond donors (Lipinski definition) is 1. The molecule has 0 spiro atoms. The maximum Gasteiger partial charge on any atom is 0.397 e. The van der Waals surface area contributed by atoms with Gasteiger partial charge >= 0.3 is 6.18 Å². The van der Waals surface area contributed by atoms with Crippen LogP contribution in [-0.2, 0) is 4.79 Å². The molecule has 0 radical (unpaired) electrons. The van der Waals surface area contributed by atoms with Crippen molar-refractivity contribution in [2.75, 3.05) is 13.1 Å². The van der Waals surface area contributed by atoms with Gasteiger partial charge in [0, 0.05) is 53.3 Å². The number of fused-ring (bicyclic) bond motifs is 3. The minimum Gasteiger partial charge on any atom is -0.342 e. The van der Waals surface area contributed by atoms with E-state index in [4.69, 9.17) is 0 Å². The zero-order chi connectivity index (χ0) is 18.3. The number of alkyl halides is 3. The highest BCUT2D eigenvalue weighted by Crippen LogP contribution is 2.34. The molecule has 6 nitrogen and oxygen atoms in total. The molecule has 1 unspecified atom stereocenters. The van der Waals surface area contributed by atoms with Gasteiger partial charge < -0.3 is 4.90 Å². The maximum absolute atomic E-state index is 12.6. The number of rotatable bonds is 2. The second-order valence-electron chi connectivity index (χ2n) is 6.53. The summed E-state index contributed by atoms with van der Waals surface area (Å²) in [6, 6.07) is 1.86. The highest BCUT2D eigenvalue weighted by molar-refractivity contribution is 6.05. The lowest BCUT2D eigenvalue weighted by Crippen LogP contribution is -2.41. The first kappa shape index (κ1) is 16.7. The molecule has 0 saturated carbocycles. The smallest absolute Gasteiger partial charge is 0.342 e. The van der Waals surface area contributed by atoms with Gasteiger partial charge in [-0.1, -0.05) is 0 Å². The standard InChI is InChI=1S/C17H16F3N5O/c18-17(19,20)6-13(26)25-5-1-2-10(9-25)15-14-11(8-23-24-15)7-22-16-12(14)3-4-21-16/h3-4,7-8,10,24H,1-2,5-6,9H2. The van der Waals surface area contributed by atoms with E-state index in [9.17, 15) is 18.0 Å². The van der Waals surface area contributed by atoms with Gasteiger partial charge in [0.15, 0.2) is 5.65 Å². The Hall–Kier alpha value is -2.71. The van der Waals surface area contributed by atoms with E-state index in [0.717, 1.165) is 28.3 Å². The van der Waals surface area contributed by atoms with Crippen molar-refractivity contribution in [3.63, 3.8) is 0 Å². The van der Waals surface area contributed by atoms with Crippen LogP contribution in [0, 0.1) is 0 Å². The number of hydrogen-bond acceptors (Lipinski definition) is 4. The number of aromatic amines is 1. The molecule has 1 fully saturated rings. The average molecular weight is 363 g/mol. The minimum atomic E-state index is -4.49. The maximum atomic E-state index is 12.6. The summed E-state index contributed by atoms with van der Waals surface area (Å²) in [7, 11) is 0. The number of amides is 1. The van der Waals surface area contributed by atoms with Crippen LogP contribution in [0.15, 0.2) is 24.7 Å². The van der Waals surface area contributed by atoms with Crippen LogP contribution in [-0.4, -0.2) is 50.2 Å². The molecule has 3 aromatic heterocycles. The number of aromatic nitrogens is 4. The van der Waals surface area contributed by atoms with Gasteiger partial charge in [-0.3, -0.25) is 9.89 Å². The summed E-state index contributed by atoms with van der Waals surface area (Å²) in [5.41, 5.74) is 1.42. The summed E-state index contributed by atoms with van der Waals surface area (Å²) in [6.07, 6.45) is 0.518. The largest absolute Gasteiger partial charge is 0.397 e. The van der Waals surface area contributed by atoms with Crippen molar-refractivity contribution in [1.29, 1.82) is 0 Å². The Kier molecular flexibility index (Phi) is 4.01. The predicted octanol–water partition coefficient (Wildman–Crippen LogP) is 3.16. The fourth-order valence-electron chi connectivity index (χ4n) is 3.62. The highest BCUT2D eigenvalue weighted by atomic mass is 19.4. The van der Waals surface area contributed by atoms with Crippen molar-refractivity contribution >= 4 is 27.7 Å². The lowest BCUT2D eigenvalue weighted by molar-refractivity contribution is -0.162. The molecule has 1 aliphatic rings. The number of pyridine rings is 1. The molecular weight excluding hydrogens is 347 g/mol. The third-order valence-electron chi connectivity index (χ3n) is 4.75. The Morgan fingerprint density at radius 3 is 2.96 bits per heavy atom. The lowest BCUT2D eigenvalue weighted by Gasteiger charge is -2.33. The molecule has 1 atom stereocenters. The number of carbonyl (C=O) groups is 1. The molecule has 0 bridgehead atoms. The molecule has 1 amide bonds. The zero-order valence-electron chi connectivity index (χ0n) is 13.8. The van der Waals surface area contributed by atoms with Gasteiger partial charge in [-0.25, -0.2) is 9.97 Å². The molecule has 136 valence electrons. The summed E-state index contributed by atoms with van der Waals surface area (Å²) in [5, 5.41) is 9.76. The molecule has 4 rings (SSSR count). The number of nitrogens with zero attached hydrogens (tertiary/aromatic N) is 4. The van der Waals surface area contributed by atoms with E-state index in [1.165, 1.54) is 4.90 Å². The zero-order valence-corrected chi connectivity index (χ0v) is 13.8. The van der Waals surface area contributed by atoms with Gasteiger partial charge in [-0.15, -0.1) is 0 Å². The van der Waals surface area contributed by atoms with Crippen molar-refractivity contribution in [2.45, 2.75) is 31.4 Å². The third-order valence-corrected chi connectivity index (χ3v) is 4.75.